The van der Waals surface area contributed by atoms with E-state index in [1.54, 1.807) is 26.4 Å². The maximum atomic E-state index is 9.24. The number of methoxy groups -OCH3 is 2. The van der Waals surface area contributed by atoms with Gasteiger partial charge in [-0.3, -0.25) is 0 Å². The molecular weight excluding hydrogens is 342 g/mol. The first-order valence-corrected chi connectivity index (χ1v) is 8.24. The Bertz CT molecular complexity index is 998. The zero-order chi connectivity index (χ0) is 19.2. The lowest BCUT2D eigenvalue weighted by atomic mass is 10.2. The monoisotopic (exact) mass is 361 g/mol. The number of ether oxygens (including phenoxy) is 2. The number of hydrogen-bond acceptors (Lipinski definition) is 7. The van der Waals surface area contributed by atoms with Gasteiger partial charge in [0, 0.05) is 23.5 Å². The number of anilines is 4. The van der Waals surface area contributed by atoms with Crippen LogP contribution in [-0.2, 0) is 0 Å². The number of benzene rings is 2. The van der Waals surface area contributed by atoms with Crippen molar-refractivity contribution >= 4 is 23.1 Å². The van der Waals surface area contributed by atoms with Gasteiger partial charge in [-0.1, -0.05) is 12.1 Å². The highest BCUT2D eigenvalue weighted by Crippen LogP contribution is 2.31. The summed E-state index contributed by atoms with van der Waals surface area (Å²) in [7, 11) is 3.17. The average molecular weight is 361 g/mol. The zero-order valence-corrected chi connectivity index (χ0v) is 15.3. The van der Waals surface area contributed by atoms with Gasteiger partial charge >= 0.3 is 0 Å². The van der Waals surface area contributed by atoms with Gasteiger partial charge in [0.15, 0.2) is 11.5 Å². The SMILES string of the molecule is COc1ccc(Nc2nc(C)cc(Nc3ccccc3C#N)n2)cc1OC. The molecule has 0 bridgehead atoms. The van der Waals surface area contributed by atoms with Crippen LogP contribution in [0.25, 0.3) is 0 Å². The molecule has 1 aromatic heterocycles. The number of para-hydroxylation sites is 1. The van der Waals surface area contributed by atoms with E-state index in [4.69, 9.17) is 9.47 Å². The molecule has 1 heterocycles. The molecule has 3 aromatic rings. The van der Waals surface area contributed by atoms with Crippen molar-refractivity contribution in [3.63, 3.8) is 0 Å². The summed E-state index contributed by atoms with van der Waals surface area (Å²) < 4.78 is 10.6. The third-order valence-electron chi connectivity index (χ3n) is 3.80. The maximum absolute atomic E-state index is 9.24. The summed E-state index contributed by atoms with van der Waals surface area (Å²) in [4.78, 5) is 8.89. The van der Waals surface area contributed by atoms with Gasteiger partial charge in [0.25, 0.3) is 0 Å². The highest BCUT2D eigenvalue weighted by atomic mass is 16.5. The van der Waals surface area contributed by atoms with Gasteiger partial charge in [0.2, 0.25) is 5.95 Å². The van der Waals surface area contributed by atoms with Crippen LogP contribution in [0, 0.1) is 18.3 Å². The highest BCUT2D eigenvalue weighted by Gasteiger charge is 2.08. The molecule has 0 unspecified atom stereocenters. The Labute approximate surface area is 157 Å². The molecule has 0 fully saturated rings. The molecule has 2 N–H and O–H groups in total. The molecule has 0 saturated carbocycles. The van der Waals surface area contributed by atoms with Gasteiger partial charge in [0.1, 0.15) is 11.9 Å². The van der Waals surface area contributed by atoms with Crippen LogP contribution >= 0.6 is 0 Å². The second kappa shape index (κ2) is 8.06. The number of aryl methyl sites for hydroxylation is 1. The second-order valence-corrected chi connectivity index (χ2v) is 5.70. The zero-order valence-electron chi connectivity index (χ0n) is 15.3. The molecule has 7 heteroatoms. The van der Waals surface area contributed by atoms with Crippen LogP contribution < -0.4 is 20.1 Å². The van der Waals surface area contributed by atoms with Gasteiger partial charge < -0.3 is 20.1 Å². The number of nitrogens with one attached hydrogen (secondary N) is 2. The highest BCUT2D eigenvalue weighted by molar-refractivity contribution is 5.66. The Morgan fingerprint density at radius 1 is 0.926 bits per heavy atom. The van der Waals surface area contributed by atoms with Crippen molar-refractivity contribution in [3.05, 3.63) is 59.8 Å². The summed E-state index contributed by atoms with van der Waals surface area (Å²) in [5, 5.41) is 15.6. The maximum Gasteiger partial charge on any atom is 0.229 e. The molecule has 3 rings (SSSR count). The van der Waals surface area contributed by atoms with Crippen molar-refractivity contribution in [1.82, 2.24) is 9.97 Å². The molecule has 0 radical (unpaired) electrons. The van der Waals surface area contributed by atoms with Gasteiger partial charge in [0.05, 0.1) is 25.5 Å². The van der Waals surface area contributed by atoms with E-state index >= 15 is 0 Å². The number of nitrogens with zero attached hydrogens (tertiary/aromatic N) is 3. The molecule has 2 aromatic carbocycles. The van der Waals surface area contributed by atoms with E-state index in [-0.39, 0.29) is 0 Å². The fourth-order valence-electron chi connectivity index (χ4n) is 2.56. The van der Waals surface area contributed by atoms with Gasteiger partial charge in [-0.2, -0.15) is 10.2 Å². The quantitative estimate of drug-likeness (QED) is 0.681. The molecule has 0 aliphatic carbocycles. The normalized spacial score (nSPS) is 10.0. The Balaban J connectivity index is 1.87. The molecule has 0 spiro atoms. The predicted molar refractivity (Wildman–Crippen MR) is 104 cm³/mol. The number of aromatic nitrogens is 2. The minimum absolute atomic E-state index is 0.430. The lowest BCUT2D eigenvalue weighted by molar-refractivity contribution is 0.355. The van der Waals surface area contributed by atoms with Crippen molar-refractivity contribution in [2.24, 2.45) is 0 Å². The minimum Gasteiger partial charge on any atom is -0.493 e. The first-order chi connectivity index (χ1) is 13.1. The Hall–Kier alpha value is -3.79. The van der Waals surface area contributed by atoms with Crippen molar-refractivity contribution < 1.29 is 9.47 Å². The van der Waals surface area contributed by atoms with E-state index in [0.717, 1.165) is 11.4 Å². The van der Waals surface area contributed by atoms with Gasteiger partial charge in [-0.15, -0.1) is 0 Å². The van der Waals surface area contributed by atoms with E-state index in [1.807, 2.05) is 43.3 Å². The average Bonchev–Trinajstić information content (AvgIpc) is 2.67. The van der Waals surface area contributed by atoms with Crippen LogP contribution in [0.2, 0.25) is 0 Å². The lowest BCUT2D eigenvalue weighted by Gasteiger charge is -2.12. The third-order valence-corrected chi connectivity index (χ3v) is 3.80. The van der Waals surface area contributed by atoms with Gasteiger partial charge in [-0.05, 0) is 31.2 Å². The van der Waals surface area contributed by atoms with Crippen LogP contribution in [-0.4, -0.2) is 24.2 Å². The molecule has 136 valence electrons. The molecule has 0 aliphatic rings. The van der Waals surface area contributed by atoms with E-state index in [1.165, 1.54) is 0 Å². The van der Waals surface area contributed by atoms with E-state index in [9.17, 15) is 5.26 Å². The summed E-state index contributed by atoms with van der Waals surface area (Å²) >= 11 is 0. The van der Waals surface area contributed by atoms with Crippen LogP contribution in [0.4, 0.5) is 23.1 Å². The van der Waals surface area contributed by atoms with E-state index < -0.39 is 0 Å². The van der Waals surface area contributed by atoms with Crippen LogP contribution in [0.5, 0.6) is 11.5 Å². The first kappa shape index (κ1) is 18.0. The van der Waals surface area contributed by atoms with Crippen molar-refractivity contribution in [3.8, 4) is 17.6 Å². The Kier molecular flexibility index (Phi) is 5.38. The lowest BCUT2D eigenvalue weighted by Crippen LogP contribution is -2.03. The smallest absolute Gasteiger partial charge is 0.229 e. The molecule has 27 heavy (non-hydrogen) atoms. The number of nitriles is 1. The molecule has 0 atom stereocenters. The van der Waals surface area contributed by atoms with E-state index in [2.05, 4.69) is 26.7 Å². The Morgan fingerprint density at radius 2 is 1.70 bits per heavy atom. The van der Waals surface area contributed by atoms with E-state index in [0.29, 0.717) is 34.5 Å². The molecular formula is C20H19N5O2. The van der Waals surface area contributed by atoms with Gasteiger partial charge in [-0.25, -0.2) is 4.98 Å². The molecule has 7 nitrogen and oxygen atoms in total. The molecule has 0 amide bonds. The first-order valence-electron chi connectivity index (χ1n) is 8.24. The van der Waals surface area contributed by atoms with Crippen LogP contribution in [0.15, 0.2) is 48.5 Å². The minimum atomic E-state index is 0.430. The Morgan fingerprint density at radius 3 is 2.44 bits per heavy atom. The van der Waals surface area contributed by atoms with Crippen molar-refractivity contribution in [2.75, 3.05) is 24.9 Å². The summed E-state index contributed by atoms with van der Waals surface area (Å²) in [6, 6.07) is 16.7. The second-order valence-electron chi connectivity index (χ2n) is 5.70. The fourth-order valence-corrected chi connectivity index (χ4v) is 2.56. The summed E-state index contributed by atoms with van der Waals surface area (Å²) in [5.74, 6) is 2.27. The summed E-state index contributed by atoms with van der Waals surface area (Å²) in [5.41, 5.74) is 2.78. The van der Waals surface area contributed by atoms with Crippen molar-refractivity contribution in [2.45, 2.75) is 6.92 Å². The largest absolute Gasteiger partial charge is 0.493 e. The molecule has 0 aliphatic heterocycles. The molecule has 0 saturated heterocycles. The topological polar surface area (TPSA) is 92.1 Å². The predicted octanol–water partition coefficient (Wildman–Crippen LogP) is 4.16. The standard InChI is InChI=1S/C20H19N5O2/c1-13-10-19(24-16-7-5-4-6-14(16)12-21)25-20(22-13)23-15-8-9-17(26-2)18(11-15)27-3/h4-11H,1-3H3,(H2,22,23,24,25). The summed E-state index contributed by atoms with van der Waals surface area (Å²) in [6.07, 6.45) is 0. The summed E-state index contributed by atoms with van der Waals surface area (Å²) in [6.45, 7) is 1.88. The van der Waals surface area contributed by atoms with Crippen molar-refractivity contribution in [1.29, 1.82) is 5.26 Å². The third kappa shape index (κ3) is 4.25. The van der Waals surface area contributed by atoms with Crippen LogP contribution in [0.3, 0.4) is 0 Å². The van der Waals surface area contributed by atoms with Crippen LogP contribution in [0.1, 0.15) is 11.3 Å². The number of rotatable bonds is 6. The fraction of sp³-hybridized carbons (Fsp3) is 0.150. The number of hydrogen-bond donors (Lipinski definition) is 2.